The van der Waals surface area contributed by atoms with E-state index in [2.05, 4.69) is 29.9 Å². The lowest BCUT2D eigenvalue weighted by Gasteiger charge is -2.03. The number of hydrogen-bond donors (Lipinski definition) is 0. The number of hydrogen-bond acceptors (Lipinski definition) is 3. The first-order valence-electron chi connectivity index (χ1n) is 4.63. The lowest BCUT2D eigenvalue weighted by Crippen LogP contribution is -1.90. The van der Waals surface area contributed by atoms with E-state index in [0.717, 1.165) is 5.69 Å². The fourth-order valence-corrected chi connectivity index (χ4v) is 1.22. The standard InChI is InChI=1S/C11H12N2O/c1-8(2)9-3-4-10(13-7-9)11-12-5-6-14-11/h3-8H,1-2H3. The Morgan fingerprint density at radius 1 is 1.21 bits per heavy atom. The molecule has 14 heavy (non-hydrogen) atoms. The van der Waals surface area contributed by atoms with Crippen LogP contribution in [0.2, 0.25) is 0 Å². The average Bonchev–Trinajstić information content (AvgIpc) is 2.71. The average molecular weight is 188 g/mol. The van der Waals surface area contributed by atoms with Crippen LogP contribution in [0.1, 0.15) is 25.3 Å². The summed E-state index contributed by atoms with van der Waals surface area (Å²) in [5, 5.41) is 0. The molecule has 0 unspecified atom stereocenters. The molecule has 0 spiro atoms. The summed E-state index contributed by atoms with van der Waals surface area (Å²) < 4.78 is 5.15. The summed E-state index contributed by atoms with van der Waals surface area (Å²) in [5.41, 5.74) is 2.00. The number of aromatic nitrogens is 2. The molecule has 0 saturated carbocycles. The van der Waals surface area contributed by atoms with Gasteiger partial charge in [0.1, 0.15) is 12.0 Å². The van der Waals surface area contributed by atoms with Crippen molar-refractivity contribution >= 4 is 0 Å². The SMILES string of the molecule is CC(C)c1ccc(-c2ncco2)nc1. The molecule has 0 amide bonds. The molecule has 0 saturated heterocycles. The van der Waals surface area contributed by atoms with Gasteiger partial charge in [-0.2, -0.15) is 0 Å². The van der Waals surface area contributed by atoms with E-state index in [1.54, 1.807) is 12.5 Å². The number of oxazole rings is 1. The van der Waals surface area contributed by atoms with E-state index in [1.165, 1.54) is 5.56 Å². The third kappa shape index (κ3) is 1.66. The van der Waals surface area contributed by atoms with Crippen molar-refractivity contribution in [3.05, 3.63) is 36.4 Å². The lowest BCUT2D eigenvalue weighted by atomic mass is 10.1. The third-order valence-corrected chi connectivity index (χ3v) is 2.10. The number of rotatable bonds is 2. The zero-order valence-corrected chi connectivity index (χ0v) is 8.27. The molecule has 0 radical (unpaired) electrons. The highest BCUT2D eigenvalue weighted by molar-refractivity contribution is 5.46. The second-order valence-electron chi connectivity index (χ2n) is 3.47. The highest BCUT2D eigenvalue weighted by atomic mass is 16.3. The van der Waals surface area contributed by atoms with Crippen LogP contribution in [0.4, 0.5) is 0 Å². The molecule has 0 aliphatic heterocycles. The van der Waals surface area contributed by atoms with Crippen molar-refractivity contribution in [2.24, 2.45) is 0 Å². The van der Waals surface area contributed by atoms with Crippen LogP contribution in [0.5, 0.6) is 0 Å². The molecule has 2 heterocycles. The fraction of sp³-hybridized carbons (Fsp3) is 0.273. The predicted octanol–water partition coefficient (Wildman–Crippen LogP) is 2.86. The fourth-order valence-electron chi connectivity index (χ4n) is 1.22. The molecule has 2 aromatic rings. The van der Waals surface area contributed by atoms with Gasteiger partial charge in [0.15, 0.2) is 0 Å². The van der Waals surface area contributed by atoms with Gasteiger partial charge in [0.2, 0.25) is 5.89 Å². The summed E-state index contributed by atoms with van der Waals surface area (Å²) in [4.78, 5) is 8.32. The second-order valence-corrected chi connectivity index (χ2v) is 3.47. The molecule has 3 heteroatoms. The van der Waals surface area contributed by atoms with Crippen LogP contribution in [-0.2, 0) is 0 Å². The summed E-state index contributed by atoms with van der Waals surface area (Å²) in [5.74, 6) is 1.07. The van der Waals surface area contributed by atoms with E-state index in [1.807, 2.05) is 12.3 Å². The molecule has 2 aromatic heterocycles. The van der Waals surface area contributed by atoms with E-state index in [0.29, 0.717) is 11.8 Å². The zero-order chi connectivity index (χ0) is 9.97. The van der Waals surface area contributed by atoms with Crippen molar-refractivity contribution < 1.29 is 4.42 Å². The van der Waals surface area contributed by atoms with Gasteiger partial charge in [-0.1, -0.05) is 19.9 Å². The molecular weight excluding hydrogens is 176 g/mol. The van der Waals surface area contributed by atoms with Crippen LogP contribution in [0.25, 0.3) is 11.6 Å². The Bertz CT molecular complexity index is 390. The monoisotopic (exact) mass is 188 g/mol. The van der Waals surface area contributed by atoms with Gasteiger partial charge in [-0.3, -0.25) is 4.98 Å². The number of nitrogens with zero attached hydrogens (tertiary/aromatic N) is 2. The van der Waals surface area contributed by atoms with Gasteiger partial charge in [0, 0.05) is 6.20 Å². The molecule has 0 atom stereocenters. The van der Waals surface area contributed by atoms with Crippen LogP contribution in [0.3, 0.4) is 0 Å². The van der Waals surface area contributed by atoms with Crippen molar-refractivity contribution in [1.29, 1.82) is 0 Å². The lowest BCUT2D eigenvalue weighted by molar-refractivity contribution is 0.572. The molecule has 0 bridgehead atoms. The summed E-state index contributed by atoms with van der Waals surface area (Å²) in [7, 11) is 0. The Labute approximate surface area is 82.8 Å². The number of pyridine rings is 1. The van der Waals surface area contributed by atoms with Crippen LogP contribution < -0.4 is 0 Å². The molecule has 0 aromatic carbocycles. The van der Waals surface area contributed by atoms with Crippen LogP contribution in [0, 0.1) is 0 Å². The minimum Gasteiger partial charge on any atom is -0.443 e. The Hall–Kier alpha value is -1.64. The Morgan fingerprint density at radius 3 is 2.57 bits per heavy atom. The van der Waals surface area contributed by atoms with Crippen molar-refractivity contribution in [3.8, 4) is 11.6 Å². The molecular formula is C11H12N2O. The zero-order valence-electron chi connectivity index (χ0n) is 8.27. The first-order valence-corrected chi connectivity index (χ1v) is 4.63. The summed E-state index contributed by atoms with van der Waals surface area (Å²) in [6, 6.07) is 3.98. The van der Waals surface area contributed by atoms with Crippen LogP contribution in [0.15, 0.2) is 35.2 Å². The van der Waals surface area contributed by atoms with Gasteiger partial charge in [-0.05, 0) is 17.5 Å². The Kier molecular flexibility index (Phi) is 2.31. The molecule has 0 aliphatic rings. The van der Waals surface area contributed by atoms with Crippen LogP contribution in [-0.4, -0.2) is 9.97 Å². The minimum atomic E-state index is 0.501. The van der Waals surface area contributed by atoms with Crippen molar-refractivity contribution in [2.75, 3.05) is 0 Å². The quantitative estimate of drug-likeness (QED) is 0.727. The van der Waals surface area contributed by atoms with E-state index in [9.17, 15) is 0 Å². The predicted molar refractivity (Wildman–Crippen MR) is 53.8 cm³/mol. The van der Waals surface area contributed by atoms with Gasteiger partial charge in [0.05, 0.1) is 6.20 Å². The Morgan fingerprint density at radius 2 is 2.07 bits per heavy atom. The maximum Gasteiger partial charge on any atom is 0.244 e. The minimum absolute atomic E-state index is 0.501. The molecule has 0 aliphatic carbocycles. The topological polar surface area (TPSA) is 38.9 Å². The maximum atomic E-state index is 5.15. The second kappa shape index (κ2) is 3.62. The van der Waals surface area contributed by atoms with E-state index in [-0.39, 0.29) is 0 Å². The smallest absolute Gasteiger partial charge is 0.244 e. The van der Waals surface area contributed by atoms with Gasteiger partial charge in [-0.25, -0.2) is 4.98 Å². The highest BCUT2D eigenvalue weighted by Gasteiger charge is 2.04. The largest absolute Gasteiger partial charge is 0.443 e. The van der Waals surface area contributed by atoms with Gasteiger partial charge < -0.3 is 4.42 Å². The normalized spacial score (nSPS) is 10.8. The van der Waals surface area contributed by atoms with E-state index < -0.39 is 0 Å². The van der Waals surface area contributed by atoms with Crippen molar-refractivity contribution in [2.45, 2.75) is 19.8 Å². The molecule has 3 nitrogen and oxygen atoms in total. The first kappa shape index (κ1) is 8.94. The van der Waals surface area contributed by atoms with Gasteiger partial charge in [0.25, 0.3) is 0 Å². The molecule has 2 rings (SSSR count). The van der Waals surface area contributed by atoms with Crippen molar-refractivity contribution in [1.82, 2.24) is 9.97 Å². The van der Waals surface area contributed by atoms with Crippen LogP contribution >= 0.6 is 0 Å². The first-order chi connectivity index (χ1) is 6.77. The van der Waals surface area contributed by atoms with E-state index >= 15 is 0 Å². The molecule has 0 fully saturated rings. The van der Waals surface area contributed by atoms with Gasteiger partial charge in [-0.15, -0.1) is 0 Å². The molecule has 0 N–H and O–H groups in total. The summed E-state index contributed by atoms with van der Waals surface area (Å²) in [6.45, 7) is 4.28. The summed E-state index contributed by atoms with van der Waals surface area (Å²) >= 11 is 0. The third-order valence-electron chi connectivity index (χ3n) is 2.10. The van der Waals surface area contributed by atoms with E-state index in [4.69, 9.17) is 4.42 Å². The maximum absolute atomic E-state index is 5.15. The van der Waals surface area contributed by atoms with Crippen molar-refractivity contribution in [3.63, 3.8) is 0 Å². The highest BCUT2D eigenvalue weighted by Crippen LogP contribution is 2.17. The van der Waals surface area contributed by atoms with Gasteiger partial charge >= 0.3 is 0 Å². The molecule has 72 valence electrons. The Balaban J connectivity index is 2.31. The summed E-state index contributed by atoms with van der Waals surface area (Å²) in [6.07, 6.45) is 5.03.